The summed E-state index contributed by atoms with van der Waals surface area (Å²) in [5, 5.41) is 0. The molecule has 0 N–H and O–H groups in total. The average molecular weight is 413 g/mol. The van der Waals surface area contributed by atoms with Gasteiger partial charge in [-0.2, -0.15) is 0 Å². The lowest BCUT2D eigenvalue weighted by Gasteiger charge is -2.31. The van der Waals surface area contributed by atoms with Gasteiger partial charge in [0.2, 0.25) is 5.91 Å². The maximum atomic E-state index is 13.2. The lowest BCUT2D eigenvalue weighted by Crippen LogP contribution is -2.36. The molecular weight excluding hydrogens is 392 g/mol. The van der Waals surface area contributed by atoms with Crippen LogP contribution in [0.4, 0.5) is 11.4 Å². The Morgan fingerprint density at radius 3 is 2.58 bits per heavy atom. The van der Waals surface area contributed by atoms with E-state index in [-0.39, 0.29) is 11.8 Å². The smallest absolute Gasteiger partial charge is 0.258 e. The number of rotatable bonds is 1. The zero-order chi connectivity index (χ0) is 18.4. The molecule has 4 nitrogen and oxygen atoms in total. The van der Waals surface area contributed by atoms with E-state index in [0.717, 1.165) is 52.8 Å². The van der Waals surface area contributed by atoms with Gasteiger partial charge in [0, 0.05) is 35.7 Å². The fourth-order valence-electron chi connectivity index (χ4n) is 4.14. The molecule has 2 amide bonds. The number of aryl methyl sites for hydroxylation is 2. The fourth-order valence-corrected chi connectivity index (χ4v) is 4.76. The molecule has 0 bridgehead atoms. The number of hydrogen-bond donors (Lipinski definition) is 0. The number of amides is 2. The van der Waals surface area contributed by atoms with Crippen molar-refractivity contribution in [1.29, 1.82) is 0 Å². The van der Waals surface area contributed by atoms with Gasteiger partial charge in [-0.25, -0.2) is 0 Å². The van der Waals surface area contributed by atoms with Crippen molar-refractivity contribution < 1.29 is 9.59 Å². The van der Waals surface area contributed by atoms with Crippen molar-refractivity contribution in [2.75, 3.05) is 22.9 Å². The maximum absolute atomic E-state index is 13.2. The summed E-state index contributed by atoms with van der Waals surface area (Å²) in [7, 11) is 0. The van der Waals surface area contributed by atoms with E-state index in [4.69, 9.17) is 0 Å². The molecule has 4 rings (SSSR count). The molecule has 2 aromatic rings. The summed E-state index contributed by atoms with van der Waals surface area (Å²) in [5.41, 5.74) is 6.11. The van der Waals surface area contributed by atoms with Crippen molar-refractivity contribution in [2.24, 2.45) is 0 Å². The van der Waals surface area contributed by atoms with E-state index in [0.29, 0.717) is 12.1 Å². The molecule has 0 atom stereocenters. The van der Waals surface area contributed by atoms with E-state index in [1.807, 2.05) is 23.1 Å². The first kappa shape index (κ1) is 17.3. The number of carbonyl (C=O) groups is 2. The van der Waals surface area contributed by atoms with Gasteiger partial charge in [0.25, 0.3) is 5.91 Å². The molecule has 0 spiro atoms. The van der Waals surface area contributed by atoms with E-state index in [2.05, 4.69) is 35.0 Å². The van der Waals surface area contributed by atoms with Gasteiger partial charge >= 0.3 is 0 Å². The number of benzene rings is 2. The Morgan fingerprint density at radius 1 is 1.00 bits per heavy atom. The van der Waals surface area contributed by atoms with Crippen LogP contribution in [-0.2, 0) is 17.6 Å². The van der Waals surface area contributed by atoms with E-state index < -0.39 is 0 Å². The first-order valence-electron chi connectivity index (χ1n) is 8.97. The van der Waals surface area contributed by atoms with Gasteiger partial charge in [-0.05, 0) is 73.2 Å². The van der Waals surface area contributed by atoms with Crippen LogP contribution in [-0.4, -0.2) is 24.9 Å². The lowest BCUT2D eigenvalue weighted by atomic mass is 9.97. The fraction of sp³-hybridized carbons (Fsp3) is 0.333. The van der Waals surface area contributed by atoms with Crippen LogP contribution in [0, 0.1) is 6.92 Å². The number of nitrogens with zero attached hydrogens (tertiary/aromatic N) is 2. The average Bonchev–Trinajstić information content (AvgIpc) is 3.03. The molecule has 2 aliphatic heterocycles. The van der Waals surface area contributed by atoms with Crippen LogP contribution in [0.1, 0.15) is 40.4 Å². The molecule has 0 fully saturated rings. The Hall–Kier alpha value is -2.14. The summed E-state index contributed by atoms with van der Waals surface area (Å²) < 4.78 is 1.06. The van der Waals surface area contributed by atoms with Gasteiger partial charge in [0.05, 0.1) is 5.69 Å². The largest absolute Gasteiger partial charge is 0.312 e. The third-order valence-corrected chi connectivity index (χ3v) is 5.75. The molecule has 0 saturated carbocycles. The van der Waals surface area contributed by atoms with Crippen LogP contribution in [0.2, 0.25) is 0 Å². The van der Waals surface area contributed by atoms with Crippen molar-refractivity contribution in [3.05, 3.63) is 57.1 Å². The van der Waals surface area contributed by atoms with Crippen molar-refractivity contribution in [2.45, 2.75) is 33.1 Å². The maximum Gasteiger partial charge on any atom is 0.258 e. The van der Waals surface area contributed by atoms with Crippen LogP contribution in [0.15, 0.2) is 34.8 Å². The number of anilines is 2. The predicted molar refractivity (Wildman–Crippen MR) is 107 cm³/mol. The minimum Gasteiger partial charge on any atom is -0.312 e. The second kappa shape index (κ2) is 6.54. The number of fused-ring (bicyclic) bond motifs is 2. The van der Waals surface area contributed by atoms with Gasteiger partial charge in [-0.15, -0.1) is 0 Å². The molecule has 2 aromatic carbocycles. The lowest BCUT2D eigenvalue weighted by molar-refractivity contribution is -0.116. The van der Waals surface area contributed by atoms with Crippen LogP contribution in [0.5, 0.6) is 0 Å². The first-order valence-corrected chi connectivity index (χ1v) is 9.77. The Balaban J connectivity index is 1.69. The Kier molecular flexibility index (Phi) is 4.35. The van der Waals surface area contributed by atoms with Gasteiger partial charge in [-0.3, -0.25) is 9.59 Å². The van der Waals surface area contributed by atoms with Crippen LogP contribution in [0.3, 0.4) is 0 Å². The molecule has 26 heavy (non-hydrogen) atoms. The Labute approximate surface area is 161 Å². The standard InChI is InChI=1S/C21H21BrN2O2/c1-13-10-18(22)12-16-4-3-8-24(20(13)16)21(26)17-5-6-19-15(11-17)7-9-23(19)14(2)25/h5-6,10-12H,3-4,7-9H2,1-2H3. The van der Waals surface area contributed by atoms with Crippen molar-refractivity contribution in [1.82, 2.24) is 0 Å². The van der Waals surface area contributed by atoms with E-state index in [1.165, 1.54) is 5.56 Å². The molecule has 2 aliphatic rings. The molecule has 0 radical (unpaired) electrons. The highest BCUT2D eigenvalue weighted by molar-refractivity contribution is 9.10. The molecule has 5 heteroatoms. The van der Waals surface area contributed by atoms with E-state index >= 15 is 0 Å². The van der Waals surface area contributed by atoms with Crippen LogP contribution < -0.4 is 9.80 Å². The SMILES string of the molecule is CC(=O)N1CCc2cc(C(=O)N3CCCc4cc(Br)cc(C)c43)ccc21. The minimum absolute atomic E-state index is 0.0421. The molecule has 0 saturated heterocycles. The van der Waals surface area contributed by atoms with Gasteiger partial charge < -0.3 is 9.80 Å². The summed E-state index contributed by atoms with van der Waals surface area (Å²) in [6, 6.07) is 9.91. The summed E-state index contributed by atoms with van der Waals surface area (Å²) in [6.45, 7) is 5.08. The molecule has 0 unspecified atom stereocenters. The normalized spacial score (nSPS) is 15.7. The zero-order valence-corrected chi connectivity index (χ0v) is 16.6. The monoisotopic (exact) mass is 412 g/mol. The van der Waals surface area contributed by atoms with Gasteiger partial charge in [0.15, 0.2) is 0 Å². The van der Waals surface area contributed by atoms with Crippen LogP contribution in [0.25, 0.3) is 0 Å². The van der Waals surface area contributed by atoms with Gasteiger partial charge in [0.1, 0.15) is 0 Å². The quantitative estimate of drug-likeness (QED) is 0.701. The number of hydrogen-bond acceptors (Lipinski definition) is 2. The highest BCUT2D eigenvalue weighted by Gasteiger charge is 2.28. The highest BCUT2D eigenvalue weighted by atomic mass is 79.9. The molecule has 0 aromatic heterocycles. The highest BCUT2D eigenvalue weighted by Crippen LogP contribution is 2.35. The topological polar surface area (TPSA) is 40.6 Å². The second-order valence-corrected chi connectivity index (χ2v) is 7.97. The Bertz CT molecular complexity index is 922. The zero-order valence-electron chi connectivity index (χ0n) is 15.0. The summed E-state index contributed by atoms with van der Waals surface area (Å²) in [6.07, 6.45) is 2.77. The molecule has 0 aliphatic carbocycles. The Morgan fingerprint density at radius 2 is 1.81 bits per heavy atom. The molecular formula is C21H21BrN2O2. The first-order chi connectivity index (χ1) is 12.5. The van der Waals surface area contributed by atoms with E-state index in [9.17, 15) is 9.59 Å². The van der Waals surface area contributed by atoms with Crippen molar-refractivity contribution in [3.8, 4) is 0 Å². The summed E-state index contributed by atoms with van der Waals surface area (Å²) >= 11 is 3.56. The van der Waals surface area contributed by atoms with Gasteiger partial charge in [-0.1, -0.05) is 15.9 Å². The predicted octanol–water partition coefficient (Wildman–Crippen LogP) is 4.26. The van der Waals surface area contributed by atoms with E-state index in [1.54, 1.807) is 11.8 Å². The molecule has 134 valence electrons. The van der Waals surface area contributed by atoms with Crippen molar-refractivity contribution in [3.63, 3.8) is 0 Å². The van der Waals surface area contributed by atoms with Crippen LogP contribution >= 0.6 is 15.9 Å². The number of carbonyl (C=O) groups excluding carboxylic acids is 2. The third-order valence-electron chi connectivity index (χ3n) is 5.29. The minimum atomic E-state index is 0.0421. The number of halogens is 1. The summed E-state index contributed by atoms with van der Waals surface area (Å²) in [5.74, 6) is 0.0921. The van der Waals surface area contributed by atoms with Crippen molar-refractivity contribution >= 4 is 39.1 Å². The second-order valence-electron chi connectivity index (χ2n) is 7.05. The molecule has 2 heterocycles. The third kappa shape index (κ3) is 2.84. The summed E-state index contributed by atoms with van der Waals surface area (Å²) in [4.78, 5) is 28.7.